The van der Waals surface area contributed by atoms with E-state index in [-0.39, 0.29) is 5.56 Å². The van der Waals surface area contributed by atoms with E-state index in [0.29, 0.717) is 11.7 Å². The van der Waals surface area contributed by atoms with Gasteiger partial charge in [-0.05, 0) is 38.0 Å². The van der Waals surface area contributed by atoms with Crippen molar-refractivity contribution in [3.05, 3.63) is 23.3 Å². The van der Waals surface area contributed by atoms with Crippen molar-refractivity contribution in [3.63, 3.8) is 0 Å². The van der Waals surface area contributed by atoms with Crippen LogP contribution >= 0.6 is 0 Å². The molecule has 1 aromatic rings. The highest BCUT2D eigenvalue weighted by molar-refractivity contribution is 5.95. The summed E-state index contributed by atoms with van der Waals surface area (Å²) in [5.74, 6) is -0.983. The summed E-state index contributed by atoms with van der Waals surface area (Å²) in [4.78, 5) is 11.1. The van der Waals surface area contributed by atoms with Crippen molar-refractivity contribution in [1.82, 2.24) is 0 Å². The maximum absolute atomic E-state index is 11.1. The minimum atomic E-state index is -0.983. The third kappa shape index (κ3) is 4.47. The summed E-state index contributed by atoms with van der Waals surface area (Å²) < 4.78 is 0. The largest absolute Gasteiger partial charge is 0.478 e. The molecule has 0 aliphatic rings. The number of hydrogen-bond acceptors (Lipinski definition) is 3. The Balaban J connectivity index is 2.76. The lowest BCUT2D eigenvalue weighted by Gasteiger charge is -2.17. The van der Waals surface area contributed by atoms with Crippen LogP contribution in [0.4, 0.5) is 11.4 Å². The molecule has 4 heteroatoms. The second kappa shape index (κ2) is 7.02. The van der Waals surface area contributed by atoms with Gasteiger partial charge in [-0.2, -0.15) is 0 Å². The third-order valence-corrected chi connectivity index (χ3v) is 3.27. The number of nitrogens with one attached hydrogen (secondary N) is 1. The van der Waals surface area contributed by atoms with Crippen LogP contribution in [0.2, 0.25) is 0 Å². The van der Waals surface area contributed by atoms with Crippen LogP contribution in [0.3, 0.4) is 0 Å². The molecule has 0 aliphatic carbocycles. The number of carbonyl (C=O) groups is 1. The Morgan fingerprint density at radius 1 is 1.42 bits per heavy atom. The number of carboxylic acid groups (broad SMARTS) is 1. The number of benzene rings is 1. The van der Waals surface area contributed by atoms with Gasteiger partial charge in [-0.1, -0.05) is 26.2 Å². The first-order valence-electron chi connectivity index (χ1n) is 6.85. The highest BCUT2D eigenvalue weighted by Gasteiger charge is 2.12. The first-order chi connectivity index (χ1) is 8.95. The lowest BCUT2D eigenvalue weighted by molar-refractivity contribution is 0.0698. The van der Waals surface area contributed by atoms with Crippen LogP contribution in [0.1, 0.15) is 55.5 Å². The average molecular weight is 264 g/mol. The van der Waals surface area contributed by atoms with E-state index in [1.54, 1.807) is 6.07 Å². The molecule has 0 aromatic heterocycles. The maximum atomic E-state index is 11.1. The molecule has 0 saturated heterocycles. The molecular formula is C15H24N2O2. The number of nitrogens with two attached hydrogens (primary N) is 1. The lowest BCUT2D eigenvalue weighted by atomic mass is 10.1. The van der Waals surface area contributed by atoms with Gasteiger partial charge in [-0.15, -0.1) is 0 Å². The lowest BCUT2D eigenvalue weighted by Crippen LogP contribution is -2.16. The molecule has 0 radical (unpaired) electrons. The molecular weight excluding hydrogens is 240 g/mol. The van der Waals surface area contributed by atoms with Gasteiger partial charge in [0.2, 0.25) is 0 Å². The highest BCUT2D eigenvalue weighted by Crippen LogP contribution is 2.23. The van der Waals surface area contributed by atoms with Crippen LogP contribution in [0.5, 0.6) is 0 Å². The van der Waals surface area contributed by atoms with Crippen molar-refractivity contribution < 1.29 is 9.90 Å². The molecule has 1 atom stereocenters. The van der Waals surface area contributed by atoms with E-state index in [4.69, 9.17) is 10.8 Å². The number of aryl methyl sites for hydroxylation is 1. The Labute approximate surface area is 115 Å². The molecule has 1 unspecified atom stereocenters. The monoisotopic (exact) mass is 264 g/mol. The Hall–Kier alpha value is -1.71. The minimum absolute atomic E-state index is 0.170. The topological polar surface area (TPSA) is 75.3 Å². The number of rotatable bonds is 7. The van der Waals surface area contributed by atoms with E-state index in [1.807, 2.05) is 13.0 Å². The number of hydrogen-bond donors (Lipinski definition) is 3. The predicted molar refractivity (Wildman–Crippen MR) is 79.8 cm³/mol. The molecule has 0 aliphatic heterocycles. The second-order valence-corrected chi connectivity index (χ2v) is 5.10. The van der Waals surface area contributed by atoms with E-state index in [1.165, 1.54) is 19.3 Å². The van der Waals surface area contributed by atoms with Crippen LogP contribution in [0.25, 0.3) is 0 Å². The third-order valence-electron chi connectivity index (χ3n) is 3.27. The summed E-state index contributed by atoms with van der Waals surface area (Å²) in [5.41, 5.74) is 7.91. The highest BCUT2D eigenvalue weighted by atomic mass is 16.4. The molecule has 1 rings (SSSR count). The Kier molecular flexibility index (Phi) is 5.67. The van der Waals surface area contributed by atoms with Gasteiger partial charge in [0.1, 0.15) is 0 Å². The zero-order valence-electron chi connectivity index (χ0n) is 12.0. The van der Waals surface area contributed by atoms with Crippen molar-refractivity contribution >= 4 is 17.3 Å². The first kappa shape index (κ1) is 15.3. The SMILES string of the molecule is CCCCCC(C)Nc1cc(C)c(N)c(C(=O)O)c1. The Morgan fingerprint density at radius 3 is 2.68 bits per heavy atom. The quantitative estimate of drug-likeness (QED) is 0.519. The summed E-state index contributed by atoms with van der Waals surface area (Å²) in [6.07, 6.45) is 4.70. The van der Waals surface area contributed by atoms with E-state index in [0.717, 1.165) is 17.7 Å². The van der Waals surface area contributed by atoms with Crippen molar-refractivity contribution in [2.24, 2.45) is 0 Å². The number of carboxylic acids is 1. The van der Waals surface area contributed by atoms with Gasteiger partial charge in [-0.25, -0.2) is 4.79 Å². The van der Waals surface area contributed by atoms with Crippen LogP contribution in [0.15, 0.2) is 12.1 Å². The smallest absolute Gasteiger partial charge is 0.337 e. The fourth-order valence-corrected chi connectivity index (χ4v) is 2.12. The van der Waals surface area contributed by atoms with Gasteiger partial charge in [0.05, 0.1) is 5.56 Å². The van der Waals surface area contributed by atoms with Gasteiger partial charge in [0, 0.05) is 17.4 Å². The molecule has 0 heterocycles. The fraction of sp³-hybridized carbons (Fsp3) is 0.533. The summed E-state index contributed by atoms with van der Waals surface area (Å²) in [6, 6.07) is 3.84. The first-order valence-corrected chi connectivity index (χ1v) is 6.85. The molecule has 0 spiro atoms. The average Bonchev–Trinajstić information content (AvgIpc) is 2.33. The normalized spacial score (nSPS) is 12.2. The Morgan fingerprint density at radius 2 is 2.11 bits per heavy atom. The molecule has 0 saturated carbocycles. The van der Waals surface area contributed by atoms with E-state index in [2.05, 4.69) is 19.2 Å². The summed E-state index contributed by atoms with van der Waals surface area (Å²) in [5, 5.41) is 12.5. The molecule has 4 N–H and O–H groups in total. The van der Waals surface area contributed by atoms with Crippen LogP contribution < -0.4 is 11.1 Å². The van der Waals surface area contributed by atoms with Crippen molar-refractivity contribution in [1.29, 1.82) is 0 Å². The zero-order valence-corrected chi connectivity index (χ0v) is 12.0. The molecule has 0 amide bonds. The van der Waals surface area contributed by atoms with Gasteiger partial charge in [0.15, 0.2) is 0 Å². The summed E-state index contributed by atoms with van der Waals surface area (Å²) >= 11 is 0. The number of nitrogen functional groups attached to an aromatic ring is 1. The van der Waals surface area contributed by atoms with E-state index < -0.39 is 5.97 Å². The molecule has 0 bridgehead atoms. The van der Waals surface area contributed by atoms with Gasteiger partial charge < -0.3 is 16.2 Å². The standard InChI is InChI=1S/C15H24N2O2/c1-4-5-6-7-11(3)17-12-8-10(2)14(16)13(9-12)15(18)19/h8-9,11,17H,4-7,16H2,1-3H3,(H,18,19). The molecule has 19 heavy (non-hydrogen) atoms. The van der Waals surface area contributed by atoms with Crippen molar-refractivity contribution in [2.75, 3.05) is 11.1 Å². The van der Waals surface area contributed by atoms with Crippen molar-refractivity contribution in [3.8, 4) is 0 Å². The number of anilines is 2. The summed E-state index contributed by atoms with van der Waals surface area (Å²) in [6.45, 7) is 6.12. The number of unbranched alkanes of at least 4 members (excludes halogenated alkanes) is 2. The zero-order chi connectivity index (χ0) is 14.4. The summed E-state index contributed by atoms with van der Waals surface area (Å²) in [7, 11) is 0. The molecule has 1 aromatic carbocycles. The van der Waals surface area contributed by atoms with Crippen molar-refractivity contribution in [2.45, 2.75) is 52.5 Å². The minimum Gasteiger partial charge on any atom is -0.478 e. The van der Waals surface area contributed by atoms with Crippen LogP contribution in [0, 0.1) is 6.92 Å². The fourth-order valence-electron chi connectivity index (χ4n) is 2.12. The molecule has 4 nitrogen and oxygen atoms in total. The molecule has 106 valence electrons. The van der Waals surface area contributed by atoms with Gasteiger partial charge in [-0.3, -0.25) is 0 Å². The second-order valence-electron chi connectivity index (χ2n) is 5.10. The number of aromatic carboxylic acids is 1. The van der Waals surface area contributed by atoms with Crippen LogP contribution in [-0.2, 0) is 0 Å². The molecule has 0 fully saturated rings. The van der Waals surface area contributed by atoms with E-state index in [9.17, 15) is 4.79 Å². The maximum Gasteiger partial charge on any atom is 0.337 e. The van der Waals surface area contributed by atoms with Gasteiger partial charge in [0.25, 0.3) is 0 Å². The van der Waals surface area contributed by atoms with Gasteiger partial charge >= 0.3 is 5.97 Å². The van der Waals surface area contributed by atoms with Crippen LogP contribution in [-0.4, -0.2) is 17.1 Å². The predicted octanol–water partition coefficient (Wildman–Crippen LogP) is 3.66. The van der Waals surface area contributed by atoms with E-state index >= 15 is 0 Å². The Bertz CT molecular complexity index is 444.